The largest absolute Gasteiger partial charge is 0.480 e. The summed E-state index contributed by atoms with van der Waals surface area (Å²) in [6.45, 7) is 10.6. The maximum Gasteiger partial charge on any atom is 0.357 e. The van der Waals surface area contributed by atoms with Crippen LogP contribution in [0.3, 0.4) is 0 Å². The van der Waals surface area contributed by atoms with Crippen molar-refractivity contribution >= 4 is 27.5 Å². The van der Waals surface area contributed by atoms with Crippen LogP contribution in [0.15, 0.2) is 27.8 Å². The van der Waals surface area contributed by atoms with Crippen LogP contribution in [0.4, 0.5) is 4.39 Å². The lowest BCUT2D eigenvalue weighted by atomic mass is 9.97. The number of carboxylic acid groups (broad SMARTS) is 1. The number of carboxylic acids is 1. The van der Waals surface area contributed by atoms with Crippen LogP contribution in [0, 0.1) is 30.6 Å². The van der Waals surface area contributed by atoms with E-state index in [1.807, 2.05) is 6.07 Å². The van der Waals surface area contributed by atoms with Gasteiger partial charge >= 0.3 is 18.4 Å². The molecule has 1 aromatic carbocycles. The molecule has 0 bridgehead atoms. The molecule has 3 aromatic rings. The van der Waals surface area contributed by atoms with Crippen LogP contribution in [-0.4, -0.2) is 33.0 Å². The number of rotatable bonds is 9. The van der Waals surface area contributed by atoms with Gasteiger partial charge in [0.1, 0.15) is 39.0 Å². The van der Waals surface area contributed by atoms with Crippen molar-refractivity contribution in [3.8, 4) is 11.8 Å². The molecule has 10 nitrogen and oxygen atoms in total. The number of fused-ring (bicyclic) bond motifs is 1. The third kappa shape index (κ3) is 5.37. The topological polar surface area (TPSA) is 128 Å². The van der Waals surface area contributed by atoms with Crippen molar-refractivity contribution in [3.63, 3.8) is 0 Å². The van der Waals surface area contributed by atoms with Crippen LogP contribution in [0.2, 0.25) is 0 Å². The number of ether oxygens (including phenoxy) is 2. The maximum atomic E-state index is 14.6. The lowest BCUT2D eigenvalue weighted by Gasteiger charge is -2.30. The van der Waals surface area contributed by atoms with Crippen LogP contribution in [0.5, 0.6) is 5.75 Å². The zero-order valence-electron chi connectivity index (χ0n) is 22.4. The Kier molecular flexibility index (Phi) is 8.43. The van der Waals surface area contributed by atoms with Gasteiger partial charge in [0, 0.05) is 5.56 Å². The number of halogens is 1. The fourth-order valence-electron chi connectivity index (χ4n) is 5.02. The molecule has 40 heavy (non-hydrogen) atoms. The van der Waals surface area contributed by atoms with E-state index in [0.717, 1.165) is 43.4 Å². The Morgan fingerprint density at radius 1 is 1.32 bits per heavy atom. The molecule has 4 rings (SSSR count). The van der Waals surface area contributed by atoms with E-state index in [9.17, 15) is 29.1 Å². The van der Waals surface area contributed by atoms with Crippen molar-refractivity contribution in [1.29, 1.82) is 5.26 Å². The van der Waals surface area contributed by atoms with Gasteiger partial charge in [-0.1, -0.05) is 19.3 Å². The third-order valence-corrected chi connectivity index (χ3v) is 8.48. The van der Waals surface area contributed by atoms with E-state index in [1.165, 1.54) is 36.6 Å². The summed E-state index contributed by atoms with van der Waals surface area (Å²) >= 11 is 0.951. The average Bonchev–Trinajstić information content (AvgIpc) is 3.26. The van der Waals surface area contributed by atoms with E-state index >= 15 is 0 Å². The maximum absolute atomic E-state index is 14.6. The number of hydrogen-bond acceptors (Lipinski definition) is 7. The lowest BCUT2D eigenvalue weighted by Crippen LogP contribution is -2.52. The van der Waals surface area contributed by atoms with Crippen molar-refractivity contribution < 1.29 is 23.8 Å². The summed E-state index contributed by atoms with van der Waals surface area (Å²) in [7, 11) is 0. The van der Waals surface area contributed by atoms with E-state index in [1.54, 1.807) is 6.92 Å². The molecular formula is C28H29FN4O6S. The highest BCUT2D eigenvalue weighted by Crippen LogP contribution is 2.35. The molecule has 0 saturated heterocycles. The second kappa shape index (κ2) is 11.6. The summed E-state index contributed by atoms with van der Waals surface area (Å²) in [5.74, 6) is -1.75. The van der Waals surface area contributed by atoms with Gasteiger partial charge in [0.05, 0.1) is 18.0 Å². The van der Waals surface area contributed by atoms with Crippen LogP contribution < -0.4 is 16.0 Å². The Bertz CT molecular complexity index is 1650. The van der Waals surface area contributed by atoms with E-state index in [0.29, 0.717) is 10.1 Å². The molecule has 210 valence electrons. The van der Waals surface area contributed by atoms with E-state index in [-0.39, 0.29) is 45.8 Å². The summed E-state index contributed by atoms with van der Waals surface area (Å²) in [6.07, 6.45) is 3.33. The van der Waals surface area contributed by atoms with Crippen LogP contribution in [0.1, 0.15) is 68.1 Å². The zero-order chi connectivity index (χ0) is 29.2. The smallest absolute Gasteiger partial charge is 0.357 e. The summed E-state index contributed by atoms with van der Waals surface area (Å²) in [6, 6.07) is 5.86. The predicted molar refractivity (Wildman–Crippen MR) is 146 cm³/mol. The third-order valence-electron chi connectivity index (χ3n) is 7.26. The standard InChI is InChI=1S/C28H29FN4O6S/c1-16-22(13-30)40-25-23(16)24(34)33(28(2,3)26(35)36)27(37)32(25)14-21(39-18-8-6-5-7-9-18)19-12-17(29)10-11-20(19)38-15-31-4/h10-12,18,21H,5-9,14-15H2,1-3H3,(H,35,36). The molecule has 0 radical (unpaired) electrons. The molecule has 2 aromatic heterocycles. The highest BCUT2D eigenvalue weighted by atomic mass is 32.1. The lowest BCUT2D eigenvalue weighted by molar-refractivity contribution is -0.146. The number of carbonyl (C=O) groups is 1. The number of thiophene rings is 1. The van der Waals surface area contributed by atoms with Gasteiger partial charge in [0.2, 0.25) is 0 Å². The molecule has 1 aliphatic rings. The Morgan fingerprint density at radius 3 is 2.65 bits per heavy atom. The fraction of sp³-hybridized carbons (Fsp3) is 0.464. The zero-order valence-corrected chi connectivity index (χ0v) is 23.2. The first-order valence-electron chi connectivity index (χ1n) is 12.8. The van der Waals surface area contributed by atoms with Crippen molar-refractivity contribution in [2.75, 3.05) is 6.73 Å². The molecule has 12 heteroatoms. The predicted octanol–water partition coefficient (Wildman–Crippen LogP) is 4.71. The number of nitriles is 1. The minimum Gasteiger partial charge on any atom is -0.480 e. The average molecular weight is 569 g/mol. The van der Waals surface area contributed by atoms with Crippen LogP contribution in [-0.2, 0) is 21.6 Å². The Morgan fingerprint density at radius 2 is 2.02 bits per heavy atom. The highest BCUT2D eigenvalue weighted by Gasteiger charge is 2.36. The van der Waals surface area contributed by atoms with Gasteiger partial charge in [-0.25, -0.2) is 25.1 Å². The van der Waals surface area contributed by atoms with Crippen LogP contribution in [0.25, 0.3) is 15.1 Å². The number of benzene rings is 1. The molecule has 0 aliphatic heterocycles. The van der Waals surface area contributed by atoms with Crippen molar-refractivity contribution in [2.24, 2.45) is 0 Å². The highest BCUT2D eigenvalue weighted by molar-refractivity contribution is 7.19. The molecule has 1 fully saturated rings. The molecule has 2 heterocycles. The van der Waals surface area contributed by atoms with Gasteiger partial charge in [-0.15, -0.1) is 11.3 Å². The Balaban J connectivity index is 1.98. The number of aromatic nitrogens is 2. The summed E-state index contributed by atoms with van der Waals surface area (Å²) < 4.78 is 28.5. The van der Waals surface area contributed by atoms with E-state index < -0.39 is 34.7 Å². The van der Waals surface area contributed by atoms with E-state index in [4.69, 9.17) is 16.0 Å². The monoisotopic (exact) mass is 568 g/mol. The minimum absolute atomic E-state index is 0.0654. The van der Waals surface area contributed by atoms with Crippen molar-refractivity contribution in [3.05, 3.63) is 72.3 Å². The summed E-state index contributed by atoms with van der Waals surface area (Å²) in [4.78, 5) is 43.2. The Hall–Kier alpha value is -4.00. The van der Waals surface area contributed by atoms with Crippen molar-refractivity contribution in [1.82, 2.24) is 9.13 Å². The number of hydrogen-bond donors (Lipinski definition) is 1. The number of aliphatic carboxylic acids is 1. The molecule has 0 amide bonds. The van der Waals surface area contributed by atoms with Gasteiger partial charge in [-0.2, -0.15) is 5.26 Å². The number of aryl methyl sites for hydroxylation is 1. The van der Waals surface area contributed by atoms with Gasteiger partial charge in [0.15, 0.2) is 0 Å². The molecule has 0 spiro atoms. The van der Waals surface area contributed by atoms with Gasteiger partial charge in [-0.05, 0) is 57.4 Å². The Labute approximate surface area is 233 Å². The fourth-order valence-corrected chi connectivity index (χ4v) is 6.12. The second-order valence-corrected chi connectivity index (χ2v) is 11.2. The quantitative estimate of drug-likeness (QED) is 0.370. The minimum atomic E-state index is -1.91. The first kappa shape index (κ1) is 29.0. The summed E-state index contributed by atoms with van der Waals surface area (Å²) in [5, 5.41) is 19.6. The first-order valence-corrected chi connectivity index (χ1v) is 13.7. The summed E-state index contributed by atoms with van der Waals surface area (Å²) in [5.41, 5.74) is -3.00. The molecular weight excluding hydrogens is 539 g/mol. The molecule has 1 atom stereocenters. The van der Waals surface area contributed by atoms with Crippen LogP contribution >= 0.6 is 11.3 Å². The SMILES string of the molecule is [C-]#[N+]COc1ccc(F)cc1C(Cn1c(=O)n(C(C)(C)C(=O)O)c(=O)c2c(C)c(C#N)sc21)OC1CCCCC1. The molecule has 1 unspecified atom stereocenters. The molecule has 1 aliphatic carbocycles. The molecule has 1 N–H and O–H groups in total. The number of nitrogens with zero attached hydrogens (tertiary/aromatic N) is 4. The second-order valence-electron chi connectivity index (χ2n) is 10.2. The van der Waals surface area contributed by atoms with E-state index in [2.05, 4.69) is 4.85 Å². The first-order chi connectivity index (χ1) is 19.0. The van der Waals surface area contributed by atoms with Gasteiger partial charge in [0.25, 0.3) is 5.56 Å². The van der Waals surface area contributed by atoms with Crippen molar-refractivity contribution in [2.45, 2.75) is 77.2 Å². The normalized spacial score (nSPS) is 14.9. The van der Waals surface area contributed by atoms with Gasteiger partial charge < -0.3 is 14.6 Å². The molecule has 1 saturated carbocycles. The van der Waals surface area contributed by atoms with Gasteiger partial charge in [-0.3, -0.25) is 14.2 Å².